The molecule has 4 rings (SSSR count). The largest absolute Gasteiger partial charge is 0.508 e. The number of nitrogens with zero attached hydrogens (tertiary/aromatic N) is 1. The smallest absolute Gasteiger partial charge is 0.130 e. The molecule has 32 heavy (non-hydrogen) atoms. The second-order valence-electron chi connectivity index (χ2n) is 7.73. The molecule has 0 saturated heterocycles. The molecule has 4 aromatic rings. The first-order valence-corrected chi connectivity index (χ1v) is 10.3. The van der Waals surface area contributed by atoms with Gasteiger partial charge < -0.3 is 25.0 Å². The quantitative estimate of drug-likeness (QED) is 0.320. The number of anilines is 3. The van der Waals surface area contributed by atoms with Crippen molar-refractivity contribution < 1.29 is 20.1 Å². The third-order valence-corrected chi connectivity index (χ3v) is 5.50. The lowest BCUT2D eigenvalue weighted by Crippen LogP contribution is -2.12. The van der Waals surface area contributed by atoms with Gasteiger partial charge in [0.1, 0.15) is 28.7 Å². The summed E-state index contributed by atoms with van der Waals surface area (Å²) in [6.45, 7) is 5.59. The lowest BCUT2D eigenvalue weighted by molar-refractivity contribution is 0.461. The molecule has 0 aliphatic carbocycles. The minimum atomic E-state index is 0.188. The van der Waals surface area contributed by atoms with Crippen LogP contribution in [0.4, 0.5) is 17.1 Å². The minimum Gasteiger partial charge on any atom is -0.508 e. The molecule has 0 amide bonds. The van der Waals surface area contributed by atoms with Gasteiger partial charge in [-0.3, -0.25) is 0 Å². The van der Waals surface area contributed by atoms with Gasteiger partial charge in [0.05, 0.1) is 11.4 Å². The zero-order chi connectivity index (χ0) is 22.8. The molecule has 0 fully saturated rings. The molecule has 5 nitrogen and oxygen atoms in total. The van der Waals surface area contributed by atoms with Gasteiger partial charge in [-0.25, -0.2) is 0 Å². The van der Waals surface area contributed by atoms with Crippen molar-refractivity contribution in [1.82, 2.24) is 0 Å². The van der Waals surface area contributed by atoms with Gasteiger partial charge in [0.15, 0.2) is 0 Å². The van der Waals surface area contributed by atoms with Crippen molar-refractivity contribution in [2.24, 2.45) is 0 Å². The van der Waals surface area contributed by atoms with Crippen molar-refractivity contribution in [2.75, 3.05) is 4.90 Å². The van der Waals surface area contributed by atoms with E-state index < -0.39 is 0 Å². The first-order chi connectivity index (χ1) is 15.3. The van der Waals surface area contributed by atoms with Crippen LogP contribution < -0.4 is 9.64 Å². The van der Waals surface area contributed by atoms with Crippen molar-refractivity contribution in [1.29, 1.82) is 0 Å². The van der Waals surface area contributed by atoms with E-state index in [1.165, 1.54) is 0 Å². The molecule has 0 atom stereocenters. The summed E-state index contributed by atoms with van der Waals surface area (Å²) in [6, 6.07) is 23.3. The van der Waals surface area contributed by atoms with E-state index in [9.17, 15) is 15.3 Å². The van der Waals surface area contributed by atoms with E-state index in [-0.39, 0.29) is 17.2 Å². The van der Waals surface area contributed by atoms with Crippen molar-refractivity contribution in [2.45, 2.75) is 20.8 Å². The van der Waals surface area contributed by atoms with E-state index in [4.69, 9.17) is 4.74 Å². The molecule has 0 saturated carbocycles. The van der Waals surface area contributed by atoms with Crippen LogP contribution in [0.25, 0.3) is 0 Å². The number of phenolic OH excluding ortho intramolecular Hbond substituents is 3. The van der Waals surface area contributed by atoms with Crippen molar-refractivity contribution in [3.05, 3.63) is 95.6 Å². The van der Waals surface area contributed by atoms with E-state index in [0.717, 1.165) is 33.8 Å². The molecule has 3 N–H and O–H groups in total. The number of phenols is 3. The fourth-order valence-corrected chi connectivity index (χ4v) is 3.68. The molecule has 0 aliphatic rings. The lowest BCUT2D eigenvalue weighted by atomic mass is 10.1. The SMILES string of the molecule is Cc1cc(O)ccc1Oc1cccc(N(c2cccc(O)c2C)c2cccc(O)c2C)c1. The second kappa shape index (κ2) is 8.55. The predicted molar refractivity (Wildman–Crippen MR) is 127 cm³/mol. The molecular weight excluding hydrogens is 402 g/mol. The maximum absolute atomic E-state index is 10.3. The topological polar surface area (TPSA) is 73.2 Å². The number of hydrogen-bond donors (Lipinski definition) is 3. The Hall–Kier alpha value is -4.12. The maximum Gasteiger partial charge on any atom is 0.130 e. The number of rotatable bonds is 5. The van der Waals surface area contributed by atoms with Gasteiger partial charge in [0.2, 0.25) is 0 Å². The number of hydrogen-bond acceptors (Lipinski definition) is 5. The van der Waals surface area contributed by atoms with E-state index in [1.54, 1.807) is 42.5 Å². The fraction of sp³-hybridized carbons (Fsp3) is 0.111. The zero-order valence-electron chi connectivity index (χ0n) is 18.2. The maximum atomic E-state index is 10.3. The number of ether oxygens (including phenoxy) is 1. The van der Waals surface area contributed by atoms with Crippen molar-refractivity contribution >= 4 is 17.1 Å². The highest BCUT2D eigenvalue weighted by molar-refractivity contribution is 5.82. The van der Waals surface area contributed by atoms with Crippen LogP contribution in [0.1, 0.15) is 16.7 Å². The summed E-state index contributed by atoms with van der Waals surface area (Å²) in [7, 11) is 0. The van der Waals surface area contributed by atoms with Gasteiger partial charge in [-0.2, -0.15) is 0 Å². The van der Waals surface area contributed by atoms with E-state index >= 15 is 0 Å². The molecule has 0 radical (unpaired) electrons. The minimum absolute atomic E-state index is 0.188. The van der Waals surface area contributed by atoms with Crippen LogP contribution in [-0.2, 0) is 0 Å². The van der Waals surface area contributed by atoms with Crippen LogP contribution in [0.5, 0.6) is 28.7 Å². The van der Waals surface area contributed by atoms with Gasteiger partial charge in [-0.15, -0.1) is 0 Å². The Morgan fingerprint density at radius 2 is 1.25 bits per heavy atom. The summed E-state index contributed by atoms with van der Waals surface area (Å²) in [5.41, 5.74) is 4.64. The summed E-state index contributed by atoms with van der Waals surface area (Å²) in [6.07, 6.45) is 0. The van der Waals surface area contributed by atoms with Crippen molar-refractivity contribution in [3.63, 3.8) is 0 Å². The van der Waals surface area contributed by atoms with Crippen LogP contribution >= 0.6 is 0 Å². The Kier molecular flexibility index (Phi) is 5.65. The Morgan fingerprint density at radius 1 is 0.656 bits per heavy atom. The van der Waals surface area contributed by atoms with Crippen LogP contribution in [0.3, 0.4) is 0 Å². The molecule has 162 valence electrons. The fourth-order valence-electron chi connectivity index (χ4n) is 3.68. The third kappa shape index (κ3) is 4.05. The highest BCUT2D eigenvalue weighted by Gasteiger charge is 2.19. The van der Waals surface area contributed by atoms with Gasteiger partial charge in [0, 0.05) is 22.9 Å². The average Bonchev–Trinajstić information content (AvgIpc) is 2.76. The van der Waals surface area contributed by atoms with Crippen LogP contribution in [0.2, 0.25) is 0 Å². The molecule has 0 bridgehead atoms. The average molecular weight is 428 g/mol. The molecular formula is C27H25NO4. The van der Waals surface area contributed by atoms with Gasteiger partial charge >= 0.3 is 0 Å². The predicted octanol–water partition coefficient (Wildman–Crippen LogP) is 6.99. The summed E-state index contributed by atoms with van der Waals surface area (Å²) >= 11 is 0. The van der Waals surface area contributed by atoms with Crippen molar-refractivity contribution in [3.8, 4) is 28.7 Å². The standard InChI is InChI=1S/C27H25NO4/c1-17-15-21(29)13-14-27(17)32-22-8-4-7-20(16-22)28(23-9-5-11-25(30)18(23)2)24-10-6-12-26(31)19(24)3/h4-16,29-31H,1-3H3. The summed E-state index contributed by atoms with van der Waals surface area (Å²) in [5, 5.41) is 30.4. The summed E-state index contributed by atoms with van der Waals surface area (Å²) in [5.74, 6) is 1.84. The van der Waals surface area contributed by atoms with Gasteiger partial charge in [-0.1, -0.05) is 18.2 Å². The highest BCUT2D eigenvalue weighted by atomic mass is 16.5. The van der Waals surface area contributed by atoms with E-state index in [1.807, 2.05) is 62.1 Å². The number of aromatic hydroxyl groups is 3. The third-order valence-electron chi connectivity index (χ3n) is 5.50. The molecule has 0 heterocycles. The van der Waals surface area contributed by atoms with E-state index in [0.29, 0.717) is 11.5 Å². The van der Waals surface area contributed by atoms with Gasteiger partial charge in [-0.05, 0) is 80.9 Å². The summed E-state index contributed by atoms with van der Waals surface area (Å²) in [4.78, 5) is 1.99. The Morgan fingerprint density at radius 3 is 1.84 bits per heavy atom. The normalized spacial score (nSPS) is 10.7. The number of benzene rings is 4. The number of aryl methyl sites for hydroxylation is 1. The molecule has 0 aromatic heterocycles. The Labute approximate surface area is 187 Å². The molecule has 4 aromatic carbocycles. The Balaban J connectivity index is 1.84. The molecule has 0 unspecified atom stereocenters. The summed E-state index contributed by atoms with van der Waals surface area (Å²) < 4.78 is 6.10. The lowest BCUT2D eigenvalue weighted by Gasteiger charge is -2.29. The highest BCUT2D eigenvalue weighted by Crippen LogP contribution is 2.43. The van der Waals surface area contributed by atoms with Crippen LogP contribution in [0, 0.1) is 20.8 Å². The molecule has 0 spiro atoms. The van der Waals surface area contributed by atoms with Crippen LogP contribution in [-0.4, -0.2) is 15.3 Å². The van der Waals surface area contributed by atoms with Gasteiger partial charge in [0.25, 0.3) is 0 Å². The van der Waals surface area contributed by atoms with E-state index in [2.05, 4.69) is 0 Å². The van der Waals surface area contributed by atoms with Crippen LogP contribution in [0.15, 0.2) is 78.9 Å². The second-order valence-corrected chi connectivity index (χ2v) is 7.73. The first kappa shape index (κ1) is 21.1. The first-order valence-electron chi connectivity index (χ1n) is 10.3. The Bertz CT molecular complexity index is 1230. The monoisotopic (exact) mass is 427 g/mol. The molecule has 5 heteroatoms. The molecule has 0 aliphatic heterocycles. The zero-order valence-corrected chi connectivity index (χ0v) is 18.2.